The van der Waals surface area contributed by atoms with Crippen LogP contribution in [0.25, 0.3) is 0 Å². The van der Waals surface area contributed by atoms with Crippen molar-refractivity contribution in [3.63, 3.8) is 0 Å². The number of carbonyl (C=O) groups is 2. The van der Waals surface area contributed by atoms with Crippen LogP contribution in [0, 0.1) is 0 Å². The lowest BCUT2D eigenvalue weighted by Gasteiger charge is -2.14. The third kappa shape index (κ3) is 6.33. The van der Waals surface area contributed by atoms with Gasteiger partial charge in [0.2, 0.25) is 0 Å². The Balaban J connectivity index is 2.48. The molecule has 0 saturated carbocycles. The number of benzene rings is 1. The van der Waals surface area contributed by atoms with Crippen LogP contribution in [0.4, 0.5) is 17.6 Å². The number of alkyl halides is 4. The third-order valence-corrected chi connectivity index (χ3v) is 3.24. The number of esters is 2. The van der Waals surface area contributed by atoms with Gasteiger partial charge in [-0.3, -0.25) is 9.59 Å². The Hall–Kier alpha value is -1.25. The van der Waals surface area contributed by atoms with Crippen molar-refractivity contribution >= 4 is 46.7 Å². The van der Waals surface area contributed by atoms with E-state index in [0.717, 1.165) is 0 Å². The molecule has 134 valence electrons. The first-order valence-corrected chi connectivity index (χ1v) is 7.33. The van der Waals surface area contributed by atoms with E-state index in [1.54, 1.807) is 0 Å². The Morgan fingerprint density at radius 2 is 1.54 bits per heavy atom. The van der Waals surface area contributed by atoms with Gasteiger partial charge in [-0.15, -0.1) is 0 Å². The first kappa shape index (κ1) is 20.8. The molecule has 0 fully saturated rings. The summed E-state index contributed by atoms with van der Waals surface area (Å²) in [5.74, 6) is -6.87. The van der Waals surface area contributed by atoms with Crippen molar-refractivity contribution in [1.82, 2.24) is 0 Å². The largest absolute Gasteiger partial charge is 0.459 e. The Morgan fingerprint density at radius 3 is 2.04 bits per heavy atom. The van der Waals surface area contributed by atoms with Crippen molar-refractivity contribution < 1.29 is 36.6 Å². The van der Waals surface area contributed by atoms with Crippen LogP contribution in [0.3, 0.4) is 0 Å². The molecule has 0 aliphatic heterocycles. The second kappa shape index (κ2) is 8.73. The van der Waals surface area contributed by atoms with Crippen LogP contribution >= 0.6 is 34.8 Å². The standard InChI is InChI=1S/C13H9Cl3F4O4/c14-6-3-7(15)11(8(16)4-6)24-10(22)2-1-9(21)23-5-13(19,20)12(17)18/h3-4,12H,1-2,5H2. The van der Waals surface area contributed by atoms with Crippen molar-refractivity contribution in [3.05, 3.63) is 27.2 Å². The summed E-state index contributed by atoms with van der Waals surface area (Å²) in [4.78, 5) is 22.7. The summed E-state index contributed by atoms with van der Waals surface area (Å²) in [6.07, 6.45) is -5.18. The zero-order valence-corrected chi connectivity index (χ0v) is 13.9. The first-order valence-electron chi connectivity index (χ1n) is 6.19. The van der Waals surface area contributed by atoms with E-state index in [2.05, 4.69) is 4.74 Å². The molecule has 0 heterocycles. The molecule has 1 rings (SSSR count). The van der Waals surface area contributed by atoms with E-state index in [9.17, 15) is 27.2 Å². The van der Waals surface area contributed by atoms with Crippen molar-refractivity contribution in [2.24, 2.45) is 0 Å². The molecule has 0 aliphatic rings. The van der Waals surface area contributed by atoms with Gasteiger partial charge in [-0.05, 0) is 12.1 Å². The third-order valence-electron chi connectivity index (χ3n) is 2.46. The van der Waals surface area contributed by atoms with Crippen LogP contribution in [-0.2, 0) is 14.3 Å². The van der Waals surface area contributed by atoms with Crippen LogP contribution < -0.4 is 4.74 Å². The highest BCUT2D eigenvalue weighted by Crippen LogP contribution is 2.36. The quantitative estimate of drug-likeness (QED) is 0.368. The molecule has 0 bridgehead atoms. The van der Waals surface area contributed by atoms with Crippen LogP contribution in [0.1, 0.15) is 12.8 Å². The maximum absolute atomic E-state index is 12.6. The monoisotopic (exact) mass is 410 g/mol. The van der Waals surface area contributed by atoms with Gasteiger partial charge in [0.25, 0.3) is 0 Å². The number of hydrogen-bond acceptors (Lipinski definition) is 4. The van der Waals surface area contributed by atoms with Crippen molar-refractivity contribution in [1.29, 1.82) is 0 Å². The van der Waals surface area contributed by atoms with E-state index in [1.165, 1.54) is 12.1 Å². The Morgan fingerprint density at radius 1 is 1.04 bits per heavy atom. The summed E-state index contributed by atoms with van der Waals surface area (Å²) in [5.41, 5.74) is 0. The Bertz CT molecular complexity index is 602. The Kier molecular flexibility index (Phi) is 7.56. The average molecular weight is 412 g/mol. The van der Waals surface area contributed by atoms with Gasteiger partial charge in [-0.1, -0.05) is 34.8 Å². The fourth-order valence-electron chi connectivity index (χ4n) is 1.31. The lowest BCUT2D eigenvalue weighted by Crippen LogP contribution is -2.33. The number of carbonyl (C=O) groups excluding carboxylic acids is 2. The lowest BCUT2D eigenvalue weighted by molar-refractivity contribution is -0.180. The number of halogens is 7. The van der Waals surface area contributed by atoms with Gasteiger partial charge in [0.05, 0.1) is 22.9 Å². The van der Waals surface area contributed by atoms with E-state index in [4.69, 9.17) is 39.5 Å². The summed E-state index contributed by atoms with van der Waals surface area (Å²) in [6, 6.07) is 2.52. The smallest absolute Gasteiger partial charge is 0.340 e. The summed E-state index contributed by atoms with van der Waals surface area (Å²) >= 11 is 17.2. The molecule has 0 N–H and O–H groups in total. The molecule has 0 radical (unpaired) electrons. The molecule has 1 aromatic rings. The fourth-order valence-corrected chi connectivity index (χ4v) is 2.20. The minimum Gasteiger partial charge on any atom is -0.459 e. The van der Waals surface area contributed by atoms with Crippen LogP contribution in [-0.4, -0.2) is 30.9 Å². The van der Waals surface area contributed by atoms with Crippen molar-refractivity contribution in [2.45, 2.75) is 25.2 Å². The van der Waals surface area contributed by atoms with Gasteiger partial charge < -0.3 is 9.47 Å². The molecule has 0 aliphatic carbocycles. The molecule has 0 atom stereocenters. The molecule has 0 spiro atoms. The summed E-state index contributed by atoms with van der Waals surface area (Å²) in [6.45, 7) is -1.78. The maximum atomic E-state index is 12.6. The zero-order chi connectivity index (χ0) is 18.5. The second-order valence-electron chi connectivity index (χ2n) is 4.40. The number of hydrogen-bond donors (Lipinski definition) is 0. The van der Waals surface area contributed by atoms with Gasteiger partial charge in [0.1, 0.15) is 0 Å². The van der Waals surface area contributed by atoms with Crippen LogP contribution in [0.2, 0.25) is 15.1 Å². The highest BCUT2D eigenvalue weighted by Gasteiger charge is 2.42. The lowest BCUT2D eigenvalue weighted by atomic mass is 10.3. The van der Waals surface area contributed by atoms with E-state index < -0.39 is 43.7 Å². The average Bonchev–Trinajstić information content (AvgIpc) is 2.46. The van der Waals surface area contributed by atoms with Gasteiger partial charge in [0, 0.05) is 5.02 Å². The summed E-state index contributed by atoms with van der Waals surface area (Å²) < 4.78 is 57.7. The molecule has 0 aromatic heterocycles. The Labute approximate surface area is 148 Å². The molecule has 4 nitrogen and oxygen atoms in total. The highest BCUT2D eigenvalue weighted by molar-refractivity contribution is 6.40. The second-order valence-corrected chi connectivity index (χ2v) is 5.65. The van der Waals surface area contributed by atoms with Crippen molar-refractivity contribution in [2.75, 3.05) is 6.61 Å². The van der Waals surface area contributed by atoms with E-state index in [-0.39, 0.29) is 20.8 Å². The fraction of sp³-hybridized carbons (Fsp3) is 0.385. The first-order chi connectivity index (χ1) is 11.0. The topological polar surface area (TPSA) is 52.6 Å². The predicted octanol–water partition coefficient (Wildman–Crippen LogP) is 4.78. The number of rotatable bonds is 7. The molecule has 24 heavy (non-hydrogen) atoms. The normalized spacial score (nSPS) is 11.5. The minimum absolute atomic E-state index is 0.0556. The molecule has 0 saturated heterocycles. The van der Waals surface area contributed by atoms with Gasteiger partial charge in [0.15, 0.2) is 12.4 Å². The van der Waals surface area contributed by atoms with E-state index in [1.807, 2.05) is 0 Å². The SMILES string of the molecule is O=C(CCC(=O)Oc1c(Cl)cc(Cl)cc1Cl)OCC(F)(F)C(F)F. The van der Waals surface area contributed by atoms with E-state index in [0.29, 0.717) is 0 Å². The minimum atomic E-state index is -4.46. The maximum Gasteiger partial charge on any atom is 0.340 e. The van der Waals surface area contributed by atoms with Crippen LogP contribution in [0.15, 0.2) is 12.1 Å². The molecule has 0 unspecified atom stereocenters. The molecular weight excluding hydrogens is 402 g/mol. The summed E-state index contributed by atoms with van der Waals surface area (Å²) in [7, 11) is 0. The molecule has 0 amide bonds. The van der Waals surface area contributed by atoms with Gasteiger partial charge in [-0.25, -0.2) is 8.78 Å². The van der Waals surface area contributed by atoms with Gasteiger partial charge in [-0.2, -0.15) is 8.78 Å². The summed E-state index contributed by atoms with van der Waals surface area (Å²) in [5, 5.41) is 0.0911. The molecular formula is C13H9Cl3F4O4. The predicted molar refractivity (Wildman–Crippen MR) is 78.3 cm³/mol. The highest BCUT2D eigenvalue weighted by atomic mass is 35.5. The van der Waals surface area contributed by atoms with E-state index >= 15 is 0 Å². The molecule has 1 aromatic carbocycles. The molecule has 11 heteroatoms. The van der Waals surface area contributed by atoms with Crippen LogP contribution in [0.5, 0.6) is 5.75 Å². The zero-order valence-electron chi connectivity index (χ0n) is 11.6. The van der Waals surface area contributed by atoms with Crippen molar-refractivity contribution in [3.8, 4) is 5.75 Å². The number of ether oxygens (including phenoxy) is 2. The van der Waals surface area contributed by atoms with Gasteiger partial charge >= 0.3 is 24.3 Å².